The van der Waals surface area contributed by atoms with Crippen LogP contribution >= 0.6 is 12.2 Å². The predicted octanol–water partition coefficient (Wildman–Crippen LogP) is 3.52. The van der Waals surface area contributed by atoms with Crippen molar-refractivity contribution in [1.82, 2.24) is 9.80 Å². The number of carbonyl (C=O) groups is 1. The van der Waals surface area contributed by atoms with E-state index in [0.717, 1.165) is 44.0 Å². The molecule has 0 aliphatic carbocycles. The molecule has 1 saturated heterocycles. The van der Waals surface area contributed by atoms with E-state index in [-0.39, 0.29) is 11.8 Å². The molecule has 1 N–H and O–H groups in total. The van der Waals surface area contributed by atoms with Crippen LogP contribution in [0.25, 0.3) is 0 Å². The van der Waals surface area contributed by atoms with Gasteiger partial charge >= 0.3 is 5.97 Å². The molecule has 148 valence electrons. The van der Waals surface area contributed by atoms with E-state index in [1.54, 1.807) is 31.2 Å². The Kier molecular flexibility index (Phi) is 6.95. The van der Waals surface area contributed by atoms with E-state index in [1.807, 2.05) is 18.2 Å². The van der Waals surface area contributed by atoms with Gasteiger partial charge in [0.15, 0.2) is 5.11 Å². The molecule has 0 amide bonds. The van der Waals surface area contributed by atoms with Gasteiger partial charge in [0.2, 0.25) is 0 Å². The van der Waals surface area contributed by atoms with Crippen molar-refractivity contribution in [3.63, 3.8) is 0 Å². The van der Waals surface area contributed by atoms with Crippen LogP contribution in [-0.2, 0) is 11.3 Å². The number of halogens is 1. The molecule has 28 heavy (non-hydrogen) atoms. The first-order valence-corrected chi connectivity index (χ1v) is 9.76. The number of hydrogen-bond donors (Lipinski definition) is 1. The number of hydrogen-bond acceptors (Lipinski definition) is 4. The van der Waals surface area contributed by atoms with Crippen LogP contribution in [0.5, 0.6) is 0 Å². The third-order valence-corrected chi connectivity index (χ3v) is 4.96. The summed E-state index contributed by atoms with van der Waals surface area (Å²) in [6, 6.07) is 13.8. The van der Waals surface area contributed by atoms with E-state index >= 15 is 0 Å². The molecule has 5 nitrogen and oxygen atoms in total. The summed E-state index contributed by atoms with van der Waals surface area (Å²) in [6.07, 6.45) is 0. The second kappa shape index (κ2) is 9.61. The number of ether oxygens (including phenoxy) is 1. The smallest absolute Gasteiger partial charge is 0.338 e. The Morgan fingerprint density at radius 1 is 1.14 bits per heavy atom. The van der Waals surface area contributed by atoms with Crippen molar-refractivity contribution >= 4 is 29.0 Å². The van der Waals surface area contributed by atoms with Crippen molar-refractivity contribution in [2.24, 2.45) is 0 Å². The van der Waals surface area contributed by atoms with Gasteiger partial charge in [0.25, 0.3) is 0 Å². The van der Waals surface area contributed by atoms with Gasteiger partial charge in [-0.25, -0.2) is 9.18 Å². The lowest BCUT2D eigenvalue weighted by atomic mass is 10.2. The zero-order chi connectivity index (χ0) is 19.9. The molecule has 0 unspecified atom stereocenters. The van der Waals surface area contributed by atoms with Gasteiger partial charge in [-0.05, 0) is 61.1 Å². The van der Waals surface area contributed by atoms with Crippen molar-refractivity contribution in [1.29, 1.82) is 0 Å². The van der Waals surface area contributed by atoms with Gasteiger partial charge in [-0.15, -0.1) is 0 Å². The van der Waals surface area contributed by atoms with Crippen LogP contribution in [0.1, 0.15) is 22.8 Å². The number of nitrogens with zero attached hydrogens (tertiary/aromatic N) is 2. The number of piperazine rings is 1. The summed E-state index contributed by atoms with van der Waals surface area (Å²) < 4.78 is 18.3. The Labute approximate surface area is 170 Å². The van der Waals surface area contributed by atoms with E-state index < -0.39 is 0 Å². The first-order valence-electron chi connectivity index (χ1n) is 9.35. The minimum atomic E-state index is -0.328. The lowest BCUT2D eigenvalue weighted by Gasteiger charge is -2.36. The molecule has 7 heteroatoms. The maximum absolute atomic E-state index is 13.3. The minimum absolute atomic E-state index is 0.199. The summed E-state index contributed by atoms with van der Waals surface area (Å²) in [5.74, 6) is -0.526. The average Bonchev–Trinajstić information content (AvgIpc) is 2.69. The molecule has 2 aromatic rings. The first kappa shape index (κ1) is 20.2. The van der Waals surface area contributed by atoms with Crippen LogP contribution in [0.15, 0.2) is 48.5 Å². The van der Waals surface area contributed by atoms with Gasteiger partial charge in [-0.3, -0.25) is 4.90 Å². The Bertz CT molecular complexity index is 821. The fraction of sp³-hybridized carbons (Fsp3) is 0.333. The van der Waals surface area contributed by atoms with Crippen molar-refractivity contribution in [2.45, 2.75) is 13.5 Å². The fourth-order valence-corrected chi connectivity index (χ4v) is 3.41. The summed E-state index contributed by atoms with van der Waals surface area (Å²) in [5, 5.41) is 3.88. The summed E-state index contributed by atoms with van der Waals surface area (Å²) >= 11 is 5.52. The highest BCUT2D eigenvalue weighted by atomic mass is 32.1. The predicted molar refractivity (Wildman–Crippen MR) is 112 cm³/mol. The van der Waals surface area contributed by atoms with Crippen LogP contribution in [0.4, 0.5) is 10.1 Å². The van der Waals surface area contributed by atoms with E-state index in [9.17, 15) is 9.18 Å². The largest absolute Gasteiger partial charge is 0.462 e. The van der Waals surface area contributed by atoms with Gasteiger partial charge in [0.1, 0.15) is 5.82 Å². The molecule has 1 aliphatic rings. The minimum Gasteiger partial charge on any atom is -0.462 e. The zero-order valence-corrected chi connectivity index (χ0v) is 16.7. The normalized spacial score (nSPS) is 14.6. The molecular formula is C21H24FN3O2S. The van der Waals surface area contributed by atoms with Crippen LogP contribution in [-0.4, -0.2) is 53.7 Å². The number of thiocarbonyl (C=S) groups is 1. The Balaban J connectivity index is 1.48. The highest BCUT2D eigenvalue weighted by Crippen LogP contribution is 2.14. The van der Waals surface area contributed by atoms with Crippen molar-refractivity contribution < 1.29 is 13.9 Å². The molecule has 0 atom stereocenters. The molecule has 3 rings (SSSR count). The summed E-state index contributed by atoms with van der Waals surface area (Å²) in [5.41, 5.74) is 2.33. The molecule has 2 aromatic carbocycles. The highest BCUT2D eigenvalue weighted by Gasteiger charge is 2.19. The molecular weight excluding hydrogens is 377 g/mol. The molecule has 1 fully saturated rings. The summed E-state index contributed by atoms with van der Waals surface area (Å²) in [4.78, 5) is 16.1. The van der Waals surface area contributed by atoms with Crippen molar-refractivity contribution in [3.8, 4) is 0 Å². The molecule has 0 aromatic heterocycles. The average molecular weight is 402 g/mol. The highest BCUT2D eigenvalue weighted by molar-refractivity contribution is 7.80. The van der Waals surface area contributed by atoms with Gasteiger partial charge in [-0.2, -0.15) is 0 Å². The van der Waals surface area contributed by atoms with Crippen molar-refractivity contribution in [3.05, 3.63) is 65.5 Å². The van der Waals surface area contributed by atoms with Crippen molar-refractivity contribution in [2.75, 3.05) is 38.1 Å². The number of carbonyl (C=O) groups excluding carboxylic acids is 1. The lowest BCUT2D eigenvalue weighted by Crippen LogP contribution is -2.49. The van der Waals surface area contributed by atoms with Crippen LogP contribution in [0.3, 0.4) is 0 Å². The number of esters is 1. The quantitative estimate of drug-likeness (QED) is 0.611. The standard InChI is InChI=1S/C21H24FN3O2S/c1-2-27-20(26)17-6-8-19(9-7-17)23-21(28)25-12-10-24(11-13-25)15-16-4-3-5-18(22)14-16/h3-9,14H,2,10-13,15H2,1H3,(H,23,28). The molecule has 1 aliphatic heterocycles. The van der Waals surface area contributed by atoms with Gasteiger partial charge in [0, 0.05) is 38.4 Å². The number of nitrogens with one attached hydrogen (secondary N) is 1. The number of rotatable bonds is 5. The first-order chi connectivity index (χ1) is 13.5. The zero-order valence-electron chi connectivity index (χ0n) is 15.9. The maximum atomic E-state index is 13.3. The van der Waals surface area contributed by atoms with E-state index in [0.29, 0.717) is 17.3 Å². The molecule has 0 saturated carbocycles. The third kappa shape index (κ3) is 5.50. The second-order valence-corrected chi connectivity index (χ2v) is 7.01. The van der Waals surface area contributed by atoms with Crippen LogP contribution < -0.4 is 5.32 Å². The number of benzene rings is 2. The van der Waals surface area contributed by atoms with Crippen LogP contribution in [0, 0.1) is 5.82 Å². The molecule has 0 radical (unpaired) electrons. The molecule has 1 heterocycles. The van der Waals surface area contributed by atoms with Gasteiger partial charge in [0.05, 0.1) is 12.2 Å². The SMILES string of the molecule is CCOC(=O)c1ccc(NC(=S)N2CCN(Cc3cccc(F)c3)CC2)cc1. The Morgan fingerprint density at radius 2 is 1.86 bits per heavy atom. The lowest BCUT2D eigenvalue weighted by molar-refractivity contribution is 0.0526. The Morgan fingerprint density at radius 3 is 2.50 bits per heavy atom. The molecule has 0 bridgehead atoms. The van der Waals surface area contributed by atoms with E-state index in [4.69, 9.17) is 17.0 Å². The van der Waals surface area contributed by atoms with E-state index in [2.05, 4.69) is 15.1 Å². The summed E-state index contributed by atoms with van der Waals surface area (Å²) in [6.45, 7) is 6.21. The number of anilines is 1. The van der Waals surface area contributed by atoms with Gasteiger partial charge < -0.3 is 15.0 Å². The fourth-order valence-electron chi connectivity index (χ4n) is 3.11. The Hall–Kier alpha value is -2.51. The summed E-state index contributed by atoms with van der Waals surface area (Å²) in [7, 11) is 0. The van der Waals surface area contributed by atoms with Gasteiger partial charge in [-0.1, -0.05) is 12.1 Å². The topological polar surface area (TPSA) is 44.8 Å². The molecule has 0 spiro atoms. The van der Waals surface area contributed by atoms with Crippen LogP contribution in [0.2, 0.25) is 0 Å². The maximum Gasteiger partial charge on any atom is 0.338 e. The third-order valence-electron chi connectivity index (χ3n) is 4.60. The monoisotopic (exact) mass is 401 g/mol. The second-order valence-electron chi connectivity index (χ2n) is 6.62. The van der Waals surface area contributed by atoms with E-state index in [1.165, 1.54) is 6.07 Å².